The van der Waals surface area contributed by atoms with E-state index in [9.17, 15) is 0 Å². The highest BCUT2D eigenvalue weighted by atomic mass is 15.0. The molecule has 0 saturated carbocycles. The molecular weight excluding hydrogens is 659 g/mol. The van der Waals surface area contributed by atoms with E-state index in [0.29, 0.717) is 17.5 Å². The highest BCUT2D eigenvalue weighted by Crippen LogP contribution is 2.39. The van der Waals surface area contributed by atoms with Crippen LogP contribution in [0.5, 0.6) is 0 Å². The lowest BCUT2D eigenvalue weighted by Gasteiger charge is -2.14. The number of hydrogen-bond donors (Lipinski definition) is 0. The van der Waals surface area contributed by atoms with Gasteiger partial charge in [0, 0.05) is 40.2 Å². The van der Waals surface area contributed by atoms with Crippen molar-refractivity contribution in [3.8, 4) is 67.8 Å². The van der Waals surface area contributed by atoms with Gasteiger partial charge in [-0.3, -0.25) is 9.97 Å². The van der Waals surface area contributed by atoms with Gasteiger partial charge >= 0.3 is 0 Å². The molecule has 7 aromatic carbocycles. The number of pyridine rings is 2. The van der Waals surface area contributed by atoms with Crippen LogP contribution in [-0.4, -0.2) is 24.9 Å². The zero-order chi connectivity index (χ0) is 35.8. The fraction of sp³-hybridized carbons (Fsp3) is 0. The van der Waals surface area contributed by atoms with E-state index in [0.717, 1.165) is 50.2 Å². The van der Waals surface area contributed by atoms with Crippen LogP contribution < -0.4 is 0 Å². The van der Waals surface area contributed by atoms with Gasteiger partial charge in [-0.1, -0.05) is 140 Å². The fourth-order valence-corrected chi connectivity index (χ4v) is 7.30. The van der Waals surface area contributed by atoms with Gasteiger partial charge in [0.15, 0.2) is 17.5 Å². The van der Waals surface area contributed by atoms with Crippen molar-refractivity contribution in [2.24, 2.45) is 0 Å². The van der Waals surface area contributed by atoms with Crippen LogP contribution in [0.25, 0.3) is 100 Å². The highest BCUT2D eigenvalue weighted by molar-refractivity contribution is 6.26. The normalized spacial score (nSPS) is 11.3. The Labute approximate surface area is 312 Å². The summed E-state index contributed by atoms with van der Waals surface area (Å²) < 4.78 is 0. The minimum atomic E-state index is 0.632. The van der Waals surface area contributed by atoms with Crippen molar-refractivity contribution in [1.29, 1.82) is 0 Å². The Morgan fingerprint density at radius 2 is 0.704 bits per heavy atom. The summed E-state index contributed by atoms with van der Waals surface area (Å²) in [6.45, 7) is 0. The Morgan fingerprint density at radius 3 is 1.31 bits per heavy atom. The molecule has 252 valence electrons. The average molecular weight is 690 g/mol. The van der Waals surface area contributed by atoms with Gasteiger partial charge in [-0.15, -0.1) is 0 Å². The van der Waals surface area contributed by atoms with Crippen LogP contribution in [-0.2, 0) is 0 Å². The largest absolute Gasteiger partial charge is 0.256 e. The first-order valence-electron chi connectivity index (χ1n) is 18.0. The molecule has 0 amide bonds. The smallest absolute Gasteiger partial charge is 0.164 e. The summed E-state index contributed by atoms with van der Waals surface area (Å²) in [5.41, 5.74) is 9.02. The van der Waals surface area contributed by atoms with E-state index in [1.807, 2.05) is 60.8 Å². The van der Waals surface area contributed by atoms with E-state index >= 15 is 0 Å². The van der Waals surface area contributed by atoms with Crippen LogP contribution in [0, 0.1) is 0 Å². The Hall–Kier alpha value is -7.37. The summed E-state index contributed by atoms with van der Waals surface area (Å²) in [7, 11) is 0. The van der Waals surface area contributed by atoms with Crippen molar-refractivity contribution in [2.75, 3.05) is 0 Å². The van der Waals surface area contributed by atoms with Gasteiger partial charge in [-0.05, 0) is 79.8 Å². The second-order valence-corrected chi connectivity index (χ2v) is 13.3. The summed E-state index contributed by atoms with van der Waals surface area (Å²) in [6, 6.07) is 60.9. The van der Waals surface area contributed by atoms with Gasteiger partial charge in [0.25, 0.3) is 0 Å². The molecule has 5 heteroatoms. The van der Waals surface area contributed by atoms with Crippen molar-refractivity contribution in [2.45, 2.75) is 0 Å². The molecule has 3 aromatic heterocycles. The lowest BCUT2D eigenvalue weighted by molar-refractivity contribution is 1.07. The van der Waals surface area contributed by atoms with E-state index in [1.165, 1.54) is 32.5 Å². The van der Waals surface area contributed by atoms with Crippen molar-refractivity contribution in [3.05, 3.63) is 188 Å². The molecule has 0 fully saturated rings. The molecule has 0 unspecified atom stereocenters. The lowest BCUT2D eigenvalue weighted by atomic mass is 9.91. The molecule has 54 heavy (non-hydrogen) atoms. The summed E-state index contributed by atoms with van der Waals surface area (Å²) >= 11 is 0. The number of hydrogen-bond acceptors (Lipinski definition) is 5. The molecule has 10 rings (SSSR count). The highest BCUT2D eigenvalue weighted by Gasteiger charge is 2.16. The molecule has 0 aliphatic carbocycles. The van der Waals surface area contributed by atoms with Crippen LogP contribution >= 0.6 is 0 Å². The molecular formula is C49H31N5. The van der Waals surface area contributed by atoms with Gasteiger partial charge in [0.05, 0.1) is 11.4 Å². The number of fused-ring (bicyclic) bond motifs is 6. The van der Waals surface area contributed by atoms with E-state index < -0.39 is 0 Å². The Morgan fingerprint density at radius 1 is 0.259 bits per heavy atom. The maximum absolute atomic E-state index is 5.09. The fourth-order valence-electron chi connectivity index (χ4n) is 7.30. The Bertz CT molecular complexity index is 2930. The summed E-state index contributed by atoms with van der Waals surface area (Å²) in [5, 5.41) is 7.05. The molecule has 0 aliphatic heterocycles. The van der Waals surface area contributed by atoms with Crippen LogP contribution in [0.2, 0.25) is 0 Å². The molecule has 0 bridgehead atoms. The molecule has 0 atom stereocenters. The number of nitrogens with zero attached hydrogens (tertiary/aromatic N) is 5. The summed E-state index contributed by atoms with van der Waals surface area (Å²) in [6.07, 6.45) is 3.71. The molecule has 0 N–H and O–H groups in total. The van der Waals surface area contributed by atoms with Crippen molar-refractivity contribution < 1.29 is 0 Å². The number of benzene rings is 7. The molecule has 0 aliphatic rings. The topological polar surface area (TPSA) is 64.5 Å². The molecule has 0 radical (unpaired) electrons. The van der Waals surface area contributed by atoms with Crippen molar-refractivity contribution in [3.63, 3.8) is 0 Å². The van der Waals surface area contributed by atoms with Gasteiger partial charge in [0.1, 0.15) is 0 Å². The SMILES string of the molecule is c1ccc(-c2ccc(-c3nc(-c4ccccc4)nc(-c4ccc5c6ccc(-c7ccc(-c8ccccn8)cn7)cc6c6ccccc6c5c4)n3)cc2)cc1. The summed E-state index contributed by atoms with van der Waals surface area (Å²) in [5.74, 6) is 1.91. The first-order chi connectivity index (χ1) is 26.7. The molecule has 0 saturated heterocycles. The van der Waals surface area contributed by atoms with Crippen molar-refractivity contribution in [1.82, 2.24) is 24.9 Å². The van der Waals surface area contributed by atoms with Gasteiger partial charge < -0.3 is 0 Å². The van der Waals surface area contributed by atoms with Crippen molar-refractivity contribution >= 4 is 32.3 Å². The molecule has 10 aromatic rings. The number of aromatic nitrogens is 5. The van der Waals surface area contributed by atoms with Crippen LogP contribution in [0.3, 0.4) is 0 Å². The maximum atomic E-state index is 5.09. The average Bonchev–Trinajstić information content (AvgIpc) is 3.27. The Balaban J connectivity index is 1.09. The van der Waals surface area contributed by atoms with Crippen LogP contribution in [0.15, 0.2) is 188 Å². The quantitative estimate of drug-likeness (QED) is 0.163. The molecule has 3 heterocycles. The third-order valence-corrected chi connectivity index (χ3v) is 10.0. The zero-order valence-corrected chi connectivity index (χ0v) is 29.1. The summed E-state index contributed by atoms with van der Waals surface area (Å²) in [4.78, 5) is 24.4. The Kier molecular flexibility index (Phi) is 7.73. The first kappa shape index (κ1) is 31.4. The molecule has 5 nitrogen and oxygen atoms in total. The second kappa shape index (κ2) is 13.3. The molecule has 0 spiro atoms. The minimum Gasteiger partial charge on any atom is -0.256 e. The van der Waals surface area contributed by atoms with Crippen LogP contribution in [0.4, 0.5) is 0 Å². The van der Waals surface area contributed by atoms with E-state index in [-0.39, 0.29) is 0 Å². The predicted octanol–water partition coefficient (Wildman–Crippen LogP) is 12.1. The maximum Gasteiger partial charge on any atom is 0.164 e. The number of rotatable bonds is 6. The van der Waals surface area contributed by atoms with E-state index in [2.05, 4.69) is 126 Å². The van der Waals surface area contributed by atoms with E-state index in [1.54, 1.807) is 6.20 Å². The van der Waals surface area contributed by atoms with Gasteiger partial charge in [-0.2, -0.15) is 0 Å². The predicted molar refractivity (Wildman–Crippen MR) is 221 cm³/mol. The standard InChI is InChI=1S/C49H31N5/c1-3-11-32(12-4-1)33-18-20-35(21-19-33)48-52-47(34-13-5-2-6-14-34)53-49(54-48)37-23-26-42-41-25-22-36(29-43(41)39-15-7-8-16-40(39)44(42)30-37)46-27-24-38(31-51-46)45-17-9-10-28-50-45/h1-31H. The van der Waals surface area contributed by atoms with Gasteiger partial charge in [-0.25, -0.2) is 15.0 Å². The first-order valence-corrected chi connectivity index (χ1v) is 18.0. The zero-order valence-electron chi connectivity index (χ0n) is 29.1. The second-order valence-electron chi connectivity index (χ2n) is 13.3. The third kappa shape index (κ3) is 5.74. The monoisotopic (exact) mass is 689 g/mol. The lowest BCUT2D eigenvalue weighted by Crippen LogP contribution is -2.00. The minimum absolute atomic E-state index is 0.632. The van der Waals surface area contributed by atoms with E-state index in [4.69, 9.17) is 19.9 Å². The van der Waals surface area contributed by atoms with Gasteiger partial charge in [0.2, 0.25) is 0 Å². The third-order valence-electron chi connectivity index (χ3n) is 10.0. The van der Waals surface area contributed by atoms with Crippen LogP contribution in [0.1, 0.15) is 0 Å².